The number of aromatic amines is 2. The average molecular weight is 376 g/mol. The maximum Gasteiger partial charge on any atom is 0.253 e. The highest BCUT2D eigenvalue weighted by molar-refractivity contribution is 5.73. The van der Waals surface area contributed by atoms with Crippen LogP contribution in [-0.2, 0) is 6.42 Å². The van der Waals surface area contributed by atoms with Crippen molar-refractivity contribution in [1.82, 2.24) is 29.9 Å². The Bertz CT molecular complexity index is 1290. The van der Waals surface area contributed by atoms with Crippen LogP contribution in [-0.4, -0.2) is 29.9 Å². The van der Waals surface area contributed by atoms with E-state index in [1.165, 1.54) is 6.33 Å². The molecule has 1 unspecified atom stereocenters. The number of H-pyrrole nitrogens is 2. The summed E-state index contributed by atoms with van der Waals surface area (Å²) in [7, 11) is 0. The Labute approximate surface area is 160 Å². The van der Waals surface area contributed by atoms with Crippen molar-refractivity contribution < 1.29 is 0 Å². The molecule has 0 aromatic carbocycles. The smallest absolute Gasteiger partial charge is 0.253 e. The summed E-state index contributed by atoms with van der Waals surface area (Å²) < 4.78 is 0. The first kappa shape index (κ1) is 18.0. The summed E-state index contributed by atoms with van der Waals surface area (Å²) in [4.78, 5) is 47.2. The van der Waals surface area contributed by atoms with Crippen LogP contribution in [0.1, 0.15) is 49.4 Å². The van der Waals surface area contributed by atoms with Crippen molar-refractivity contribution in [1.29, 1.82) is 0 Å². The fraction of sp³-hybridized carbons (Fsp3) is 0.300. The molecule has 4 heterocycles. The van der Waals surface area contributed by atoms with E-state index in [9.17, 15) is 9.59 Å². The Hall–Kier alpha value is -3.42. The van der Waals surface area contributed by atoms with Gasteiger partial charge in [0, 0.05) is 22.7 Å². The standard InChI is InChI=1S/C20H20N6O2/c1-10(2)14-6-16-18(26-19(14)27)22-8-13(24-16)4-11(3)15-5-12-7-21-9-23-17(12)25-20(15)28/h5-11H,4H2,1-3H3,(H,22,26,27)(H,21,23,25,28). The number of nitrogens with one attached hydrogen (secondary N) is 2. The minimum atomic E-state index is -0.168. The van der Waals surface area contributed by atoms with Crippen molar-refractivity contribution in [2.24, 2.45) is 0 Å². The summed E-state index contributed by atoms with van der Waals surface area (Å²) in [6.07, 6.45) is 5.26. The third kappa shape index (κ3) is 3.28. The molecule has 0 aliphatic heterocycles. The predicted octanol–water partition coefficient (Wildman–Crippen LogP) is 2.42. The molecule has 4 rings (SSSR count). The van der Waals surface area contributed by atoms with E-state index in [-0.39, 0.29) is 23.0 Å². The Kier molecular flexibility index (Phi) is 4.46. The van der Waals surface area contributed by atoms with Crippen molar-refractivity contribution in [3.8, 4) is 0 Å². The molecule has 8 nitrogen and oxygen atoms in total. The molecule has 0 bridgehead atoms. The first-order valence-electron chi connectivity index (χ1n) is 9.14. The van der Waals surface area contributed by atoms with Crippen LogP contribution in [0.5, 0.6) is 0 Å². The van der Waals surface area contributed by atoms with Crippen LogP contribution in [0.4, 0.5) is 0 Å². The number of hydrogen-bond donors (Lipinski definition) is 2. The van der Waals surface area contributed by atoms with Crippen LogP contribution >= 0.6 is 0 Å². The number of hydrogen-bond acceptors (Lipinski definition) is 6. The zero-order chi connectivity index (χ0) is 19.8. The van der Waals surface area contributed by atoms with Gasteiger partial charge in [-0.15, -0.1) is 0 Å². The topological polar surface area (TPSA) is 117 Å². The normalized spacial score (nSPS) is 12.7. The fourth-order valence-corrected chi connectivity index (χ4v) is 3.31. The van der Waals surface area contributed by atoms with E-state index in [2.05, 4.69) is 29.9 Å². The Morgan fingerprint density at radius 1 is 0.929 bits per heavy atom. The van der Waals surface area contributed by atoms with Crippen molar-refractivity contribution in [3.05, 3.63) is 68.4 Å². The van der Waals surface area contributed by atoms with Crippen molar-refractivity contribution in [3.63, 3.8) is 0 Å². The highest BCUT2D eigenvalue weighted by Gasteiger charge is 2.15. The lowest BCUT2D eigenvalue weighted by Crippen LogP contribution is -2.17. The van der Waals surface area contributed by atoms with Gasteiger partial charge < -0.3 is 9.97 Å². The van der Waals surface area contributed by atoms with E-state index in [1.807, 2.05) is 26.8 Å². The van der Waals surface area contributed by atoms with Crippen LogP contribution in [0.25, 0.3) is 22.2 Å². The Morgan fingerprint density at radius 3 is 2.46 bits per heavy atom. The molecule has 0 amide bonds. The first-order valence-corrected chi connectivity index (χ1v) is 9.14. The van der Waals surface area contributed by atoms with Crippen LogP contribution in [0, 0.1) is 0 Å². The van der Waals surface area contributed by atoms with E-state index in [1.54, 1.807) is 18.5 Å². The molecule has 0 saturated carbocycles. The molecule has 2 N–H and O–H groups in total. The molecule has 0 fully saturated rings. The molecule has 0 spiro atoms. The van der Waals surface area contributed by atoms with Gasteiger partial charge in [0.05, 0.1) is 11.9 Å². The minimum absolute atomic E-state index is 0.0764. The van der Waals surface area contributed by atoms with Gasteiger partial charge in [0.1, 0.15) is 17.5 Å². The molecular formula is C20H20N6O2. The molecule has 0 radical (unpaired) electrons. The average Bonchev–Trinajstić information content (AvgIpc) is 2.66. The Morgan fingerprint density at radius 2 is 1.68 bits per heavy atom. The molecular weight excluding hydrogens is 356 g/mol. The molecule has 4 aromatic rings. The van der Waals surface area contributed by atoms with Gasteiger partial charge in [-0.3, -0.25) is 9.59 Å². The summed E-state index contributed by atoms with van der Waals surface area (Å²) in [5, 5.41) is 0.785. The van der Waals surface area contributed by atoms with Crippen molar-refractivity contribution >= 4 is 22.2 Å². The third-order valence-corrected chi connectivity index (χ3v) is 4.85. The van der Waals surface area contributed by atoms with Crippen LogP contribution in [0.3, 0.4) is 0 Å². The van der Waals surface area contributed by atoms with E-state index >= 15 is 0 Å². The van der Waals surface area contributed by atoms with Crippen LogP contribution < -0.4 is 11.1 Å². The summed E-state index contributed by atoms with van der Waals surface area (Å²) >= 11 is 0. The summed E-state index contributed by atoms with van der Waals surface area (Å²) in [6, 6.07) is 3.61. The minimum Gasteiger partial charge on any atom is -0.306 e. The SMILES string of the molecule is CC(C)c1cc2nc(CC(C)c3cc4cncnc4[nH]c3=O)cnc2[nH]c1=O. The number of nitrogens with zero attached hydrogens (tertiary/aromatic N) is 4. The largest absolute Gasteiger partial charge is 0.306 e. The van der Waals surface area contributed by atoms with Gasteiger partial charge in [-0.05, 0) is 30.4 Å². The summed E-state index contributed by atoms with van der Waals surface area (Å²) in [5.41, 5.74) is 3.41. The summed E-state index contributed by atoms with van der Waals surface area (Å²) in [5.74, 6) is 0.0170. The van der Waals surface area contributed by atoms with Gasteiger partial charge in [-0.25, -0.2) is 19.9 Å². The molecule has 0 aliphatic carbocycles. The van der Waals surface area contributed by atoms with Gasteiger partial charge in [0.2, 0.25) is 0 Å². The van der Waals surface area contributed by atoms with Crippen LogP contribution in [0.15, 0.2) is 40.4 Å². The predicted molar refractivity (Wildman–Crippen MR) is 107 cm³/mol. The van der Waals surface area contributed by atoms with Crippen molar-refractivity contribution in [2.45, 2.75) is 39.0 Å². The van der Waals surface area contributed by atoms with E-state index in [4.69, 9.17) is 0 Å². The molecule has 0 aliphatic rings. The fourth-order valence-electron chi connectivity index (χ4n) is 3.31. The molecule has 4 aromatic heterocycles. The lowest BCUT2D eigenvalue weighted by atomic mass is 9.97. The summed E-state index contributed by atoms with van der Waals surface area (Å²) in [6.45, 7) is 5.90. The number of aromatic nitrogens is 6. The van der Waals surface area contributed by atoms with Gasteiger partial charge in [-0.1, -0.05) is 20.8 Å². The molecule has 1 atom stereocenters. The maximum atomic E-state index is 12.4. The second kappa shape index (κ2) is 6.95. The lowest BCUT2D eigenvalue weighted by molar-refractivity contribution is 0.730. The zero-order valence-electron chi connectivity index (χ0n) is 15.9. The molecule has 28 heavy (non-hydrogen) atoms. The third-order valence-electron chi connectivity index (χ3n) is 4.85. The molecule has 142 valence electrons. The van der Waals surface area contributed by atoms with Gasteiger partial charge >= 0.3 is 0 Å². The lowest BCUT2D eigenvalue weighted by Gasteiger charge is -2.12. The van der Waals surface area contributed by atoms with E-state index < -0.39 is 0 Å². The second-order valence-corrected chi connectivity index (χ2v) is 7.29. The van der Waals surface area contributed by atoms with Gasteiger partial charge in [0.15, 0.2) is 5.65 Å². The highest BCUT2D eigenvalue weighted by atomic mass is 16.1. The quantitative estimate of drug-likeness (QED) is 0.565. The highest BCUT2D eigenvalue weighted by Crippen LogP contribution is 2.20. The monoisotopic (exact) mass is 376 g/mol. The second-order valence-electron chi connectivity index (χ2n) is 7.29. The molecule has 8 heteroatoms. The maximum absolute atomic E-state index is 12.4. The number of pyridine rings is 2. The Balaban J connectivity index is 1.69. The van der Waals surface area contributed by atoms with E-state index in [0.29, 0.717) is 34.4 Å². The number of fused-ring (bicyclic) bond motifs is 2. The first-order chi connectivity index (χ1) is 13.4. The number of rotatable bonds is 4. The van der Waals surface area contributed by atoms with Gasteiger partial charge in [0.25, 0.3) is 11.1 Å². The van der Waals surface area contributed by atoms with Crippen molar-refractivity contribution in [2.75, 3.05) is 0 Å². The van der Waals surface area contributed by atoms with Crippen LogP contribution in [0.2, 0.25) is 0 Å². The molecule has 0 saturated heterocycles. The van der Waals surface area contributed by atoms with Gasteiger partial charge in [-0.2, -0.15) is 0 Å². The zero-order valence-corrected chi connectivity index (χ0v) is 15.9. The van der Waals surface area contributed by atoms with E-state index in [0.717, 1.165) is 11.1 Å².